The van der Waals surface area contributed by atoms with Crippen LogP contribution in [0.4, 0.5) is 17.2 Å². The number of carbonyl (C=O) groups excluding carboxylic acids is 1. The molecule has 0 saturated carbocycles. The van der Waals surface area contributed by atoms with E-state index >= 15 is 0 Å². The molecule has 1 heterocycles. The van der Waals surface area contributed by atoms with Crippen LogP contribution in [0.25, 0.3) is 0 Å². The van der Waals surface area contributed by atoms with E-state index in [1.165, 1.54) is 6.33 Å². The predicted molar refractivity (Wildman–Crippen MR) is 113 cm³/mol. The zero-order valence-electron chi connectivity index (χ0n) is 16.7. The molecule has 0 unspecified atom stereocenters. The van der Waals surface area contributed by atoms with E-state index in [2.05, 4.69) is 20.6 Å². The van der Waals surface area contributed by atoms with Crippen molar-refractivity contribution in [3.8, 4) is 11.5 Å². The van der Waals surface area contributed by atoms with Crippen LogP contribution in [0.3, 0.4) is 0 Å². The van der Waals surface area contributed by atoms with Gasteiger partial charge in [-0.15, -0.1) is 0 Å². The van der Waals surface area contributed by atoms with Crippen LogP contribution in [-0.2, 0) is 0 Å². The van der Waals surface area contributed by atoms with E-state index in [0.717, 1.165) is 11.4 Å². The van der Waals surface area contributed by atoms with Crippen molar-refractivity contribution in [3.63, 3.8) is 0 Å². The molecule has 1 amide bonds. The summed E-state index contributed by atoms with van der Waals surface area (Å²) in [6, 6.07) is 16.4. The lowest BCUT2D eigenvalue weighted by Gasteiger charge is -2.14. The minimum atomic E-state index is -0.345. The summed E-state index contributed by atoms with van der Waals surface area (Å²) in [4.78, 5) is 20.9. The third-order valence-corrected chi connectivity index (χ3v) is 3.84. The van der Waals surface area contributed by atoms with Crippen LogP contribution in [-0.4, -0.2) is 28.6 Å². The van der Waals surface area contributed by atoms with Gasteiger partial charge in [-0.25, -0.2) is 9.97 Å². The topological polar surface area (TPSA) is 85.4 Å². The Bertz CT molecular complexity index is 958. The maximum atomic E-state index is 12.7. The van der Waals surface area contributed by atoms with Crippen LogP contribution in [0.1, 0.15) is 31.3 Å². The van der Waals surface area contributed by atoms with Gasteiger partial charge in [0.15, 0.2) is 0 Å². The molecule has 0 aliphatic heterocycles. The van der Waals surface area contributed by atoms with Crippen LogP contribution in [0.15, 0.2) is 60.9 Å². The molecule has 2 aromatic carbocycles. The van der Waals surface area contributed by atoms with Crippen LogP contribution in [0.2, 0.25) is 0 Å². The Morgan fingerprint density at radius 1 is 1.07 bits per heavy atom. The molecule has 1 aromatic heterocycles. The Hall–Kier alpha value is -3.61. The predicted octanol–water partition coefficient (Wildman–Crippen LogP) is 4.66. The highest BCUT2D eigenvalue weighted by Crippen LogP contribution is 2.25. The van der Waals surface area contributed by atoms with Crippen molar-refractivity contribution in [2.24, 2.45) is 0 Å². The van der Waals surface area contributed by atoms with E-state index in [9.17, 15) is 4.79 Å². The summed E-state index contributed by atoms with van der Waals surface area (Å²) in [5, 5.41) is 6.00. The second-order valence-electron chi connectivity index (χ2n) is 6.49. The highest BCUT2D eigenvalue weighted by molar-refractivity contribution is 6.04. The lowest BCUT2D eigenvalue weighted by atomic mass is 10.2. The highest BCUT2D eigenvalue weighted by Gasteiger charge is 2.13. The summed E-state index contributed by atoms with van der Waals surface area (Å²) in [6.45, 7) is 6.42. The minimum Gasteiger partial charge on any atom is -0.494 e. The number of carbonyl (C=O) groups is 1. The maximum absolute atomic E-state index is 12.7. The van der Waals surface area contributed by atoms with Crippen molar-refractivity contribution >= 4 is 23.1 Å². The van der Waals surface area contributed by atoms with E-state index in [4.69, 9.17) is 9.47 Å². The molecule has 0 radical (unpaired) electrons. The number of benzene rings is 2. The fourth-order valence-corrected chi connectivity index (χ4v) is 2.61. The molecule has 3 aromatic rings. The van der Waals surface area contributed by atoms with Gasteiger partial charge in [-0.05, 0) is 57.2 Å². The molecule has 0 spiro atoms. The van der Waals surface area contributed by atoms with Crippen LogP contribution >= 0.6 is 0 Å². The van der Waals surface area contributed by atoms with E-state index in [0.29, 0.717) is 23.9 Å². The quantitative estimate of drug-likeness (QED) is 0.580. The first kappa shape index (κ1) is 20.1. The average Bonchev–Trinajstić information content (AvgIpc) is 2.71. The van der Waals surface area contributed by atoms with Gasteiger partial charge < -0.3 is 20.1 Å². The summed E-state index contributed by atoms with van der Waals surface area (Å²) >= 11 is 0. The molecule has 0 fully saturated rings. The molecule has 7 heteroatoms. The zero-order valence-corrected chi connectivity index (χ0v) is 16.7. The first-order valence-corrected chi connectivity index (χ1v) is 9.44. The van der Waals surface area contributed by atoms with Crippen molar-refractivity contribution in [1.29, 1.82) is 0 Å². The summed E-state index contributed by atoms with van der Waals surface area (Å²) in [5.74, 6) is 1.57. The van der Waals surface area contributed by atoms with Crippen LogP contribution in [0, 0.1) is 0 Å². The number of anilines is 3. The van der Waals surface area contributed by atoms with Gasteiger partial charge in [-0.3, -0.25) is 4.79 Å². The monoisotopic (exact) mass is 392 g/mol. The molecule has 2 N–H and O–H groups in total. The van der Waals surface area contributed by atoms with Gasteiger partial charge in [0.2, 0.25) is 0 Å². The van der Waals surface area contributed by atoms with E-state index in [-0.39, 0.29) is 17.7 Å². The maximum Gasteiger partial charge on any atom is 0.274 e. The molecule has 3 rings (SSSR count). The molecule has 0 atom stereocenters. The highest BCUT2D eigenvalue weighted by atomic mass is 16.5. The Morgan fingerprint density at radius 3 is 2.55 bits per heavy atom. The summed E-state index contributed by atoms with van der Waals surface area (Å²) in [6.07, 6.45) is 1.35. The second-order valence-corrected chi connectivity index (χ2v) is 6.49. The first-order chi connectivity index (χ1) is 14.0. The Balaban J connectivity index is 1.71. The van der Waals surface area contributed by atoms with E-state index in [1.54, 1.807) is 12.1 Å². The number of nitrogens with zero attached hydrogens (tertiary/aromatic N) is 2. The van der Waals surface area contributed by atoms with Gasteiger partial charge in [0.1, 0.15) is 29.3 Å². The Morgan fingerprint density at radius 2 is 1.83 bits per heavy atom. The van der Waals surface area contributed by atoms with Gasteiger partial charge in [0.05, 0.1) is 18.4 Å². The van der Waals surface area contributed by atoms with Crippen molar-refractivity contribution in [2.45, 2.75) is 26.9 Å². The molecule has 150 valence electrons. The second kappa shape index (κ2) is 9.54. The number of hydrogen-bond acceptors (Lipinski definition) is 6. The number of rotatable bonds is 8. The third-order valence-electron chi connectivity index (χ3n) is 3.84. The van der Waals surface area contributed by atoms with Crippen molar-refractivity contribution in [3.05, 3.63) is 66.6 Å². The first-order valence-electron chi connectivity index (χ1n) is 9.44. The zero-order chi connectivity index (χ0) is 20.6. The largest absolute Gasteiger partial charge is 0.494 e. The molecule has 0 aliphatic carbocycles. The van der Waals surface area contributed by atoms with Gasteiger partial charge in [-0.2, -0.15) is 0 Å². The van der Waals surface area contributed by atoms with Crippen LogP contribution < -0.4 is 20.1 Å². The van der Waals surface area contributed by atoms with Gasteiger partial charge in [-0.1, -0.05) is 12.1 Å². The normalized spacial score (nSPS) is 10.5. The number of nitrogens with one attached hydrogen (secondary N) is 2. The van der Waals surface area contributed by atoms with Crippen LogP contribution in [0.5, 0.6) is 11.5 Å². The molecule has 0 aliphatic rings. The van der Waals surface area contributed by atoms with Crippen molar-refractivity contribution < 1.29 is 14.3 Å². The molecule has 0 bridgehead atoms. The lowest BCUT2D eigenvalue weighted by Crippen LogP contribution is -2.16. The molecule has 29 heavy (non-hydrogen) atoms. The number of hydrogen-bond donors (Lipinski definition) is 2. The van der Waals surface area contributed by atoms with E-state index in [1.807, 2.05) is 63.2 Å². The number of para-hydroxylation sites is 2. The number of ether oxygens (including phenoxy) is 2. The van der Waals surface area contributed by atoms with Crippen molar-refractivity contribution in [1.82, 2.24) is 9.97 Å². The third kappa shape index (κ3) is 5.68. The fourth-order valence-electron chi connectivity index (χ4n) is 2.61. The summed E-state index contributed by atoms with van der Waals surface area (Å²) in [7, 11) is 0. The minimum absolute atomic E-state index is 0.00276. The smallest absolute Gasteiger partial charge is 0.274 e. The number of aromatic nitrogens is 2. The lowest BCUT2D eigenvalue weighted by molar-refractivity contribution is 0.102. The molecular formula is C22H24N4O3. The molecule has 0 saturated heterocycles. The van der Waals surface area contributed by atoms with E-state index < -0.39 is 0 Å². The summed E-state index contributed by atoms with van der Waals surface area (Å²) < 4.78 is 11.2. The summed E-state index contributed by atoms with van der Waals surface area (Å²) in [5.41, 5.74) is 1.66. The fraction of sp³-hybridized carbons (Fsp3) is 0.227. The van der Waals surface area contributed by atoms with Gasteiger partial charge in [0.25, 0.3) is 5.91 Å². The Labute approximate surface area is 170 Å². The molecule has 7 nitrogen and oxygen atoms in total. The standard InChI is InChI=1S/C22H24N4O3/c1-4-28-17-11-9-16(10-12-17)25-21-13-19(23-14-24-21)22(27)26-18-7-5-6-8-20(18)29-15(2)3/h5-15H,4H2,1-3H3,(H,26,27)(H,23,24,25). The molecular weight excluding hydrogens is 368 g/mol. The Kier molecular flexibility index (Phi) is 6.63. The number of amides is 1. The van der Waals surface area contributed by atoms with Gasteiger partial charge in [0, 0.05) is 11.8 Å². The SMILES string of the molecule is CCOc1ccc(Nc2cc(C(=O)Nc3ccccc3OC(C)C)ncn2)cc1. The average molecular weight is 392 g/mol. The van der Waals surface area contributed by atoms with Crippen molar-refractivity contribution in [2.75, 3.05) is 17.2 Å². The van der Waals surface area contributed by atoms with Gasteiger partial charge >= 0.3 is 0 Å².